The summed E-state index contributed by atoms with van der Waals surface area (Å²) in [5, 5.41) is 9.18. The van der Waals surface area contributed by atoms with Crippen molar-refractivity contribution >= 4 is 0 Å². The maximum absolute atomic E-state index is 4.88. The van der Waals surface area contributed by atoms with Gasteiger partial charge in [-0.15, -0.1) is 0 Å². The van der Waals surface area contributed by atoms with Crippen LogP contribution in [-0.4, -0.2) is 32.3 Å². The van der Waals surface area contributed by atoms with Gasteiger partial charge in [0.2, 0.25) is 0 Å². The fraction of sp³-hybridized carbons (Fsp3) is 0.714. The summed E-state index contributed by atoms with van der Waals surface area (Å²) in [4.78, 5) is 0. The first-order valence-corrected chi connectivity index (χ1v) is 3.44. The number of allylic oxidation sites excluding steroid dienone is 1. The highest BCUT2D eigenvalue weighted by molar-refractivity contribution is 4.85. The smallest absolute Gasteiger partial charge is 0.0663 e. The number of methoxy groups -OCH3 is 1. The second kappa shape index (κ2) is 5.85. The Morgan fingerprint density at radius 3 is 2.64 bits per heavy atom. The summed E-state index contributed by atoms with van der Waals surface area (Å²) in [6.07, 6.45) is 0. The molecule has 0 N–H and O–H groups in total. The van der Waals surface area contributed by atoms with Gasteiger partial charge in [-0.25, -0.2) is 5.01 Å². The molecule has 0 aromatic carbocycles. The van der Waals surface area contributed by atoms with Crippen molar-refractivity contribution in [2.24, 2.45) is 10.3 Å². The van der Waals surface area contributed by atoms with Crippen LogP contribution in [0.25, 0.3) is 0 Å². The molecule has 0 aliphatic rings. The molecular weight excluding hydrogens is 142 g/mol. The Bertz CT molecular complexity index is 145. The van der Waals surface area contributed by atoms with Crippen LogP contribution < -0.4 is 0 Å². The zero-order valence-electron chi connectivity index (χ0n) is 7.37. The van der Waals surface area contributed by atoms with Gasteiger partial charge < -0.3 is 4.74 Å². The van der Waals surface area contributed by atoms with Crippen molar-refractivity contribution in [1.82, 2.24) is 5.01 Å². The predicted molar refractivity (Wildman–Crippen MR) is 44.2 cm³/mol. The maximum Gasteiger partial charge on any atom is 0.0663 e. The van der Waals surface area contributed by atoms with Crippen LogP contribution in [0, 0.1) is 0 Å². The third-order valence-electron chi connectivity index (χ3n) is 1.15. The van der Waals surface area contributed by atoms with Crippen LogP contribution in [0.1, 0.15) is 6.92 Å². The van der Waals surface area contributed by atoms with Gasteiger partial charge in [0.05, 0.1) is 20.2 Å². The zero-order valence-corrected chi connectivity index (χ0v) is 7.37. The number of hydrogen-bond acceptors (Lipinski definition) is 3. The molecule has 4 nitrogen and oxygen atoms in total. The van der Waals surface area contributed by atoms with Gasteiger partial charge in [-0.2, -0.15) is 5.11 Å². The topological polar surface area (TPSA) is 37.2 Å². The lowest BCUT2D eigenvalue weighted by atomic mass is 10.5. The molecule has 0 bridgehead atoms. The van der Waals surface area contributed by atoms with Crippen LogP contribution in [0.15, 0.2) is 22.6 Å². The van der Waals surface area contributed by atoms with E-state index < -0.39 is 0 Å². The highest BCUT2D eigenvalue weighted by atomic mass is 16.5. The molecule has 0 spiro atoms. The number of ether oxygens (including phenoxy) is 1. The number of nitrogens with zero attached hydrogens (tertiary/aromatic N) is 3. The summed E-state index contributed by atoms with van der Waals surface area (Å²) in [6, 6.07) is 0. The van der Waals surface area contributed by atoms with Gasteiger partial charge in [-0.05, 0) is 6.92 Å². The Kier molecular flexibility index (Phi) is 5.37. The largest absolute Gasteiger partial charge is 0.383 e. The van der Waals surface area contributed by atoms with Crippen molar-refractivity contribution in [1.29, 1.82) is 0 Å². The van der Waals surface area contributed by atoms with Gasteiger partial charge in [0.15, 0.2) is 0 Å². The lowest BCUT2D eigenvalue weighted by Gasteiger charge is -2.15. The molecule has 0 heterocycles. The molecule has 0 amide bonds. The second-order valence-electron chi connectivity index (χ2n) is 2.14. The van der Waals surface area contributed by atoms with E-state index in [1.54, 1.807) is 19.2 Å². The Morgan fingerprint density at radius 2 is 2.27 bits per heavy atom. The van der Waals surface area contributed by atoms with Crippen LogP contribution in [0.5, 0.6) is 0 Å². The van der Waals surface area contributed by atoms with E-state index in [0.29, 0.717) is 13.2 Å². The molecule has 0 saturated heterocycles. The average Bonchev–Trinajstić information content (AvgIpc) is 1.97. The summed E-state index contributed by atoms with van der Waals surface area (Å²) in [7, 11) is 3.28. The van der Waals surface area contributed by atoms with Crippen molar-refractivity contribution < 1.29 is 4.74 Å². The van der Waals surface area contributed by atoms with Crippen molar-refractivity contribution in [3.8, 4) is 0 Å². The van der Waals surface area contributed by atoms with E-state index in [9.17, 15) is 0 Å². The predicted octanol–water partition coefficient (Wildman–Crippen LogP) is 1.47. The third kappa shape index (κ3) is 4.50. The standard InChI is InChI=1S/C7H15N3O/c1-7(2)10(9-8-3)5-6-11-4/h1,5-6H2,2-4H3. The minimum Gasteiger partial charge on any atom is -0.383 e. The van der Waals surface area contributed by atoms with E-state index in [0.717, 1.165) is 5.70 Å². The fourth-order valence-electron chi connectivity index (χ4n) is 0.598. The van der Waals surface area contributed by atoms with E-state index >= 15 is 0 Å². The third-order valence-corrected chi connectivity index (χ3v) is 1.15. The molecule has 0 unspecified atom stereocenters. The van der Waals surface area contributed by atoms with Crippen molar-refractivity contribution in [2.45, 2.75) is 6.92 Å². The van der Waals surface area contributed by atoms with Gasteiger partial charge in [0.25, 0.3) is 0 Å². The van der Waals surface area contributed by atoms with Crippen molar-refractivity contribution in [3.63, 3.8) is 0 Å². The summed E-state index contributed by atoms with van der Waals surface area (Å²) >= 11 is 0. The molecule has 0 rings (SSSR count). The highest BCUT2D eigenvalue weighted by Gasteiger charge is 1.99. The minimum atomic E-state index is 0.631. The Hall–Kier alpha value is -0.900. The molecule has 0 atom stereocenters. The van der Waals surface area contributed by atoms with E-state index in [1.165, 1.54) is 0 Å². The molecule has 0 saturated carbocycles. The van der Waals surface area contributed by atoms with Gasteiger partial charge in [-0.1, -0.05) is 11.8 Å². The molecule has 0 aliphatic carbocycles. The van der Waals surface area contributed by atoms with Gasteiger partial charge in [-0.3, -0.25) is 0 Å². The Balaban J connectivity index is 3.79. The minimum absolute atomic E-state index is 0.631. The molecule has 0 aromatic heterocycles. The van der Waals surface area contributed by atoms with Crippen molar-refractivity contribution in [3.05, 3.63) is 12.3 Å². The Labute approximate surface area is 67.5 Å². The summed E-state index contributed by atoms with van der Waals surface area (Å²) in [6.45, 7) is 6.95. The quantitative estimate of drug-likeness (QED) is 0.447. The second-order valence-corrected chi connectivity index (χ2v) is 2.14. The number of hydrogen-bond donors (Lipinski definition) is 0. The Morgan fingerprint density at radius 1 is 1.64 bits per heavy atom. The summed E-state index contributed by atoms with van der Waals surface area (Å²) in [5.41, 5.74) is 0.868. The monoisotopic (exact) mass is 157 g/mol. The lowest BCUT2D eigenvalue weighted by molar-refractivity contribution is 0.162. The number of rotatable bonds is 5. The molecule has 11 heavy (non-hydrogen) atoms. The normalized spacial score (nSPS) is 10.5. The molecule has 0 radical (unpaired) electrons. The van der Waals surface area contributed by atoms with Gasteiger partial charge >= 0.3 is 0 Å². The van der Waals surface area contributed by atoms with Gasteiger partial charge in [0.1, 0.15) is 0 Å². The van der Waals surface area contributed by atoms with E-state index in [2.05, 4.69) is 16.9 Å². The summed E-state index contributed by atoms with van der Waals surface area (Å²) in [5.74, 6) is 0. The van der Waals surface area contributed by atoms with E-state index in [-0.39, 0.29) is 0 Å². The SMILES string of the molecule is C=C(C)N(CCOC)N=NC. The van der Waals surface area contributed by atoms with Gasteiger partial charge in [0, 0.05) is 12.8 Å². The molecule has 0 aliphatic heterocycles. The molecule has 4 heteroatoms. The first-order valence-electron chi connectivity index (χ1n) is 3.44. The molecule has 0 aromatic rings. The first-order chi connectivity index (χ1) is 5.22. The fourth-order valence-corrected chi connectivity index (χ4v) is 0.598. The average molecular weight is 157 g/mol. The van der Waals surface area contributed by atoms with Crippen LogP contribution in [-0.2, 0) is 4.74 Å². The van der Waals surface area contributed by atoms with Crippen LogP contribution in [0.4, 0.5) is 0 Å². The van der Waals surface area contributed by atoms with Crippen molar-refractivity contribution in [2.75, 3.05) is 27.3 Å². The van der Waals surface area contributed by atoms with E-state index in [1.807, 2.05) is 6.92 Å². The van der Waals surface area contributed by atoms with Crippen LogP contribution in [0.3, 0.4) is 0 Å². The first kappa shape index (κ1) is 10.1. The van der Waals surface area contributed by atoms with E-state index in [4.69, 9.17) is 4.74 Å². The maximum atomic E-state index is 4.88. The summed E-state index contributed by atoms with van der Waals surface area (Å²) < 4.78 is 4.88. The molecule has 64 valence electrons. The lowest BCUT2D eigenvalue weighted by Crippen LogP contribution is -2.18. The highest BCUT2D eigenvalue weighted by Crippen LogP contribution is 2.00. The van der Waals surface area contributed by atoms with Crippen LogP contribution >= 0.6 is 0 Å². The zero-order chi connectivity index (χ0) is 8.69. The molecule has 0 fully saturated rings. The van der Waals surface area contributed by atoms with Crippen LogP contribution in [0.2, 0.25) is 0 Å². The molecular formula is C7H15N3O.